The van der Waals surface area contributed by atoms with E-state index in [0.717, 1.165) is 12.0 Å². The van der Waals surface area contributed by atoms with Gasteiger partial charge in [-0.1, -0.05) is 50.6 Å². The molecule has 0 saturated carbocycles. The van der Waals surface area contributed by atoms with E-state index in [2.05, 4.69) is 12.2 Å². The van der Waals surface area contributed by atoms with Crippen LogP contribution in [-0.2, 0) is 14.3 Å². The van der Waals surface area contributed by atoms with E-state index >= 15 is 0 Å². The molecule has 0 radical (unpaired) electrons. The Morgan fingerprint density at radius 3 is 2.29 bits per heavy atom. The molecule has 0 spiro atoms. The largest absolute Gasteiger partial charge is 0.464 e. The molecule has 4 nitrogen and oxygen atoms in total. The Balaban J connectivity index is 2.85. The summed E-state index contributed by atoms with van der Waals surface area (Å²) < 4.78 is 4.92. The Labute approximate surface area is 126 Å². The van der Waals surface area contributed by atoms with Crippen LogP contribution in [0.25, 0.3) is 0 Å². The number of rotatable bonds is 7. The summed E-state index contributed by atoms with van der Waals surface area (Å²) in [5, 5.41) is 2.76. The number of esters is 1. The number of carbonyl (C=O) groups is 2. The van der Waals surface area contributed by atoms with Crippen molar-refractivity contribution in [1.29, 1.82) is 0 Å². The maximum atomic E-state index is 12.5. The number of amides is 1. The summed E-state index contributed by atoms with van der Waals surface area (Å²) in [4.78, 5) is 24.2. The highest BCUT2D eigenvalue weighted by Gasteiger charge is 2.28. The summed E-state index contributed by atoms with van der Waals surface area (Å²) in [7, 11) is 0. The first-order valence-corrected chi connectivity index (χ1v) is 7.53. The Bertz CT molecular complexity index is 458. The maximum Gasteiger partial charge on any atom is 0.328 e. The molecule has 3 atom stereocenters. The average molecular weight is 291 g/mol. The molecule has 0 fully saturated rings. The van der Waals surface area contributed by atoms with Crippen LogP contribution in [0.4, 0.5) is 0 Å². The van der Waals surface area contributed by atoms with Crippen molar-refractivity contribution in [2.24, 2.45) is 5.92 Å². The highest BCUT2D eigenvalue weighted by atomic mass is 16.5. The highest BCUT2D eigenvalue weighted by molar-refractivity contribution is 5.88. The summed E-state index contributed by atoms with van der Waals surface area (Å²) in [6.45, 7) is 7.81. The fourth-order valence-electron chi connectivity index (χ4n) is 2.26. The quantitative estimate of drug-likeness (QED) is 0.786. The van der Waals surface area contributed by atoms with E-state index in [9.17, 15) is 9.59 Å². The van der Waals surface area contributed by atoms with Crippen LogP contribution in [0.3, 0.4) is 0 Å². The maximum absolute atomic E-state index is 12.5. The van der Waals surface area contributed by atoms with Crippen LogP contribution in [0.1, 0.15) is 45.6 Å². The van der Waals surface area contributed by atoms with Gasteiger partial charge in [0.1, 0.15) is 6.04 Å². The Hall–Kier alpha value is -1.84. The van der Waals surface area contributed by atoms with Crippen LogP contribution in [0.5, 0.6) is 0 Å². The third kappa shape index (κ3) is 4.88. The minimum absolute atomic E-state index is 0.129. The Morgan fingerprint density at radius 1 is 1.14 bits per heavy atom. The lowest BCUT2D eigenvalue weighted by Crippen LogP contribution is -2.43. The van der Waals surface area contributed by atoms with Crippen LogP contribution in [0, 0.1) is 5.92 Å². The molecule has 0 aliphatic rings. The molecule has 0 aliphatic carbocycles. The van der Waals surface area contributed by atoms with E-state index in [1.165, 1.54) is 0 Å². The van der Waals surface area contributed by atoms with Crippen molar-refractivity contribution in [2.75, 3.05) is 6.61 Å². The molecule has 0 saturated heterocycles. The second kappa shape index (κ2) is 8.45. The Kier molecular flexibility index (Phi) is 6.92. The molecule has 0 aromatic heterocycles. The van der Waals surface area contributed by atoms with Crippen molar-refractivity contribution in [3.63, 3.8) is 0 Å². The average Bonchev–Trinajstić information content (AvgIpc) is 2.48. The molecular weight excluding hydrogens is 266 g/mol. The van der Waals surface area contributed by atoms with Gasteiger partial charge in [0.2, 0.25) is 5.91 Å². The number of hydrogen-bond acceptors (Lipinski definition) is 3. The monoisotopic (exact) mass is 291 g/mol. The number of benzene rings is 1. The smallest absolute Gasteiger partial charge is 0.328 e. The van der Waals surface area contributed by atoms with Crippen LogP contribution in [-0.4, -0.2) is 24.5 Å². The third-order valence-corrected chi connectivity index (χ3v) is 3.65. The number of carbonyl (C=O) groups excluding carboxylic acids is 2. The fourth-order valence-corrected chi connectivity index (χ4v) is 2.26. The summed E-state index contributed by atoms with van der Waals surface area (Å²) in [6.07, 6.45) is 0.890. The predicted octanol–water partition coefficient (Wildman–Crippen LogP) is 2.88. The molecule has 21 heavy (non-hydrogen) atoms. The molecule has 1 N–H and O–H groups in total. The van der Waals surface area contributed by atoms with Crippen molar-refractivity contribution < 1.29 is 14.3 Å². The number of nitrogens with one attached hydrogen (secondary N) is 1. The van der Waals surface area contributed by atoms with Crippen LogP contribution < -0.4 is 5.32 Å². The van der Waals surface area contributed by atoms with Crippen LogP contribution in [0.2, 0.25) is 0 Å². The summed E-state index contributed by atoms with van der Waals surface area (Å²) in [5.41, 5.74) is 0.973. The molecule has 1 aromatic carbocycles. The summed E-state index contributed by atoms with van der Waals surface area (Å²) in [5.74, 6) is -0.590. The third-order valence-electron chi connectivity index (χ3n) is 3.65. The zero-order chi connectivity index (χ0) is 15.8. The van der Waals surface area contributed by atoms with Crippen molar-refractivity contribution in [3.05, 3.63) is 35.9 Å². The van der Waals surface area contributed by atoms with Crippen molar-refractivity contribution >= 4 is 11.9 Å². The van der Waals surface area contributed by atoms with Gasteiger partial charge in [0.15, 0.2) is 0 Å². The van der Waals surface area contributed by atoms with Gasteiger partial charge in [-0.25, -0.2) is 4.79 Å². The molecule has 1 rings (SSSR count). The van der Waals surface area contributed by atoms with E-state index in [1.54, 1.807) is 13.8 Å². The standard InChI is InChI=1S/C17H25NO3/c1-5-12(3)15(14-10-8-7-9-11-14)16(19)18-13(4)17(20)21-6-2/h7-13,15H,5-6H2,1-4H3,(H,18,19). The van der Waals surface area contributed by atoms with Gasteiger partial charge in [-0.3, -0.25) is 4.79 Å². The fraction of sp³-hybridized carbons (Fsp3) is 0.529. The minimum Gasteiger partial charge on any atom is -0.464 e. The van der Waals surface area contributed by atoms with Gasteiger partial charge in [-0.2, -0.15) is 0 Å². The van der Waals surface area contributed by atoms with Gasteiger partial charge in [0.05, 0.1) is 12.5 Å². The minimum atomic E-state index is -0.632. The topological polar surface area (TPSA) is 55.4 Å². The van der Waals surface area contributed by atoms with E-state index < -0.39 is 12.0 Å². The van der Waals surface area contributed by atoms with Crippen molar-refractivity contribution in [3.8, 4) is 0 Å². The van der Waals surface area contributed by atoms with Gasteiger partial charge in [0, 0.05) is 0 Å². The van der Waals surface area contributed by atoms with Crippen LogP contribution >= 0.6 is 0 Å². The SMILES string of the molecule is CCOC(=O)C(C)NC(=O)C(c1ccccc1)C(C)CC. The van der Waals surface area contributed by atoms with E-state index in [-0.39, 0.29) is 17.7 Å². The van der Waals surface area contributed by atoms with Crippen LogP contribution in [0.15, 0.2) is 30.3 Å². The first-order valence-electron chi connectivity index (χ1n) is 7.53. The number of hydrogen-bond donors (Lipinski definition) is 1. The van der Waals surface area contributed by atoms with Gasteiger partial charge in [-0.05, 0) is 25.3 Å². The van der Waals surface area contributed by atoms with Gasteiger partial charge in [-0.15, -0.1) is 0 Å². The molecule has 4 heteroatoms. The van der Waals surface area contributed by atoms with E-state index in [0.29, 0.717) is 6.61 Å². The molecule has 3 unspecified atom stereocenters. The van der Waals surface area contributed by atoms with Crippen molar-refractivity contribution in [1.82, 2.24) is 5.32 Å². The normalized spacial score (nSPS) is 14.9. The van der Waals surface area contributed by atoms with E-state index in [1.807, 2.05) is 37.3 Å². The molecule has 0 aliphatic heterocycles. The molecular formula is C17H25NO3. The second-order valence-corrected chi connectivity index (χ2v) is 5.26. The lowest BCUT2D eigenvalue weighted by atomic mass is 9.84. The summed E-state index contributed by atoms with van der Waals surface area (Å²) in [6, 6.07) is 9.04. The zero-order valence-electron chi connectivity index (χ0n) is 13.3. The molecule has 1 amide bonds. The molecule has 1 aromatic rings. The lowest BCUT2D eigenvalue weighted by molar-refractivity contribution is -0.147. The summed E-state index contributed by atoms with van der Waals surface area (Å²) >= 11 is 0. The van der Waals surface area contributed by atoms with E-state index in [4.69, 9.17) is 4.74 Å². The molecule has 0 heterocycles. The second-order valence-electron chi connectivity index (χ2n) is 5.26. The predicted molar refractivity (Wildman–Crippen MR) is 82.9 cm³/mol. The highest BCUT2D eigenvalue weighted by Crippen LogP contribution is 2.27. The van der Waals surface area contributed by atoms with Gasteiger partial charge in [0.25, 0.3) is 0 Å². The number of ether oxygens (including phenoxy) is 1. The lowest BCUT2D eigenvalue weighted by Gasteiger charge is -2.24. The zero-order valence-corrected chi connectivity index (χ0v) is 13.3. The van der Waals surface area contributed by atoms with Gasteiger partial charge >= 0.3 is 5.97 Å². The van der Waals surface area contributed by atoms with Gasteiger partial charge < -0.3 is 10.1 Å². The molecule has 116 valence electrons. The molecule has 0 bridgehead atoms. The first-order chi connectivity index (χ1) is 10.0. The van der Waals surface area contributed by atoms with Crippen molar-refractivity contribution in [2.45, 2.75) is 46.1 Å². The Morgan fingerprint density at radius 2 is 1.76 bits per heavy atom. The first kappa shape index (κ1) is 17.2.